The third-order valence-corrected chi connectivity index (χ3v) is 7.28. The Morgan fingerprint density at radius 2 is 1.92 bits per heavy atom. The van der Waals surface area contributed by atoms with Crippen LogP contribution in [-0.2, 0) is 11.3 Å². The number of aromatic nitrogens is 2. The van der Waals surface area contributed by atoms with Gasteiger partial charge in [0, 0.05) is 35.9 Å². The van der Waals surface area contributed by atoms with E-state index in [0.717, 1.165) is 34.4 Å². The average Bonchev–Trinajstić information content (AvgIpc) is 3.61. The van der Waals surface area contributed by atoms with Gasteiger partial charge < -0.3 is 19.7 Å². The van der Waals surface area contributed by atoms with Crippen molar-refractivity contribution in [3.05, 3.63) is 83.0 Å². The third-order valence-electron chi connectivity index (χ3n) is 6.36. The van der Waals surface area contributed by atoms with E-state index in [9.17, 15) is 4.79 Å². The maximum atomic E-state index is 13.4. The van der Waals surface area contributed by atoms with E-state index in [2.05, 4.69) is 51.0 Å². The smallest absolute Gasteiger partial charge is 0.252 e. The molecule has 200 valence electrons. The zero-order valence-electron chi connectivity index (χ0n) is 22.7. The van der Waals surface area contributed by atoms with Gasteiger partial charge in [0.15, 0.2) is 0 Å². The number of ether oxygens (including phenoxy) is 2. The predicted octanol–water partition coefficient (Wildman–Crippen LogP) is 5.66. The first-order chi connectivity index (χ1) is 18.3. The summed E-state index contributed by atoms with van der Waals surface area (Å²) in [5, 5.41) is 9.77. The molecule has 7 nitrogen and oxygen atoms in total. The first-order valence-corrected chi connectivity index (χ1v) is 13.6. The van der Waals surface area contributed by atoms with Crippen molar-refractivity contribution in [3.63, 3.8) is 0 Å². The lowest BCUT2D eigenvalue weighted by Crippen LogP contribution is -2.27. The number of likely N-dealkylation sites (N-methyl/N-ethyl adjacent to an activating group) is 1. The molecular formula is C30H36N4O3S. The summed E-state index contributed by atoms with van der Waals surface area (Å²) in [5.41, 5.74) is 5.76. The molecular weight excluding hydrogens is 496 g/mol. The molecule has 0 fully saturated rings. The summed E-state index contributed by atoms with van der Waals surface area (Å²) < 4.78 is 12.9. The molecule has 1 amide bonds. The largest absolute Gasteiger partial charge is 0.492 e. The summed E-state index contributed by atoms with van der Waals surface area (Å²) in [5.74, 6) is 0.575. The van der Waals surface area contributed by atoms with Crippen molar-refractivity contribution in [2.24, 2.45) is 0 Å². The summed E-state index contributed by atoms with van der Waals surface area (Å²) >= 11 is 1.70. The Hall–Kier alpha value is -3.46. The summed E-state index contributed by atoms with van der Waals surface area (Å²) in [6, 6.07) is 16.1. The van der Waals surface area contributed by atoms with Crippen LogP contribution in [0.3, 0.4) is 0 Å². The number of nitrogens with one attached hydrogen (secondary N) is 1. The number of benzene rings is 2. The van der Waals surface area contributed by atoms with E-state index in [1.807, 2.05) is 63.2 Å². The first kappa shape index (κ1) is 27.6. The van der Waals surface area contributed by atoms with Crippen LogP contribution in [0.5, 0.6) is 5.75 Å². The van der Waals surface area contributed by atoms with Gasteiger partial charge in [-0.3, -0.25) is 9.48 Å². The van der Waals surface area contributed by atoms with Crippen molar-refractivity contribution in [1.29, 1.82) is 0 Å². The molecule has 1 N–H and O–H groups in total. The highest BCUT2D eigenvalue weighted by Gasteiger charge is 2.17. The van der Waals surface area contributed by atoms with E-state index in [4.69, 9.17) is 9.47 Å². The summed E-state index contributed by atoms with van der Waals surface area (Å²) in [7, 11) is 5.70. The highest BCUT2D eigenvalue weighted by atomic mass is 32.1. The van der Waals surface area contributed by atoms with Crippen LogP contribution in [-0.4, -0.2) is 61.6 Å². The van der Waals surface area contributed by atoms with Crippen molar-refractivity contribution in [2.75, 3.05) is 41.0 Å². The van der Waals surface area contributed by atoms with Gasteiger partial charge in [0.2, 0.25) is 0 Å². The van der Waals surface area contributed by atoms with E-state index in [0.29, 0.717) is 31.1 Å². The number of nitrogens with zero attached hydrogens (tertiary/aromatic N) is 3. The van der Waals surface area contributed by atoms with Crippen LogP contribution in [0.2, 0.25) is 0 Å². The number of thiophene rings is 1. The highest BCUT2D eigenvalue weighted by molar-refractivity contribution is 7.13. The zero-order valence-corrected chi connectivity index (χ0v) is 23.5. The Morgan fingerprint density at radius 1 is 1.11 bits per heavy atom. The Bertz CT molecular complexity index is 1350. The second-order valence-corrected chi connectivity index (χ2v) is 10.6. The number of hydrogen-bond acceptors (Lipinski definition) is 6. The minimum Gasteiger partial charge on any atom is -0.492 e. The van der Waals surface area contributed by atoms with E-state index in [-0.39, 0.29) is 11.9 Å². The van der Waals surface area contributed by atoms with Gasteiger partial charge in [0.05, 0.1) is 25.4 Å². The molecule has 0 saturated heterocycles. The molecule has 0 saturated carbocycles. The van der Waals surface area contributed by atoms with Crippen LogP contribution in [0.4, 0.5) is 0 Å². The number of carbonyl (C=O) groups excluding carboxylic acids is 1. The van der Waals surface area contributed by atoms with E-state index >= 15 is 0 Å². The average molecular weight is 533 g/mol. The quantitative estimate of drug-likeness (QED) is 0.255. The SMILES string of the molecule is COCCn1cc(-c2cc(-c3cccs3)cc([C@@H](C)NC(=O)c3cc(OCCN(C)C)ccc3C)c2)cn1. The van der Waals surface area contributed by atoms with Gasteiger partial charge in [-0.05, 0) is 92.0 Å². The molecule has 0 aliphatic heterocycles. The molecule has 0 unspecified atom stereocenters. The van der Waals surface area contributed by atoms with Crippen LogP contribution in [0.25, 0.3) is 21.6 Å². The molecule has 0 spiro atoms. The Labute approximate surface area is 229 Å². The zero-order chi connectivity index (χ0) is 27.1. The van der Waals surface area contributed by atoms with Gasteiger partial charge in [0.1, 0.15) is 12.4 Å². The highest BCUT2D eigenvalue weighted by Crippen LogP contribution is 2.33. The van der Waals surface area contributed by atoms with Gasteiger partial charge in [-0.25, -0.2) is 0 Å². The van der Waals surface area contributed by atoms with Gasteiger partial charge in [0.25, 0.3) is 5.91 Å². The van der Waals surface area contributed by atoms with Crippen LogP contribution in [0.15, 0.2) is 66.3 Å². The standard InChI is InChI=1S/C30H36N4O3S/c1-21-8-9-27(37-13-10-33(3)4)18-28(21)30(35)32-22(2)23-15-24(17-25(16-23)29-7-6-14-38-29)26-19-31-34(20-26)11-12-36-5/h6-9,14-20,22H,10-13H2,1-5H3,(H,32,35)/t22-/m1/s1. The fourth-order valence-corrected chi connectivity index (χ4v) is 4.83. The number of aryl methyl sites for hydroxylation is 1. The molecule has 0 aliphatic rings. The van der Waals surface area contributed by atoms with E-state index in [1.165, 1.54) is 4.88 Å². The van der Waals surface area contributed by atoms with Crippen LogP contribution in [0.1, 0.15) is 34.5 Å². The number of carbonyl (C=O) groups is 1. The molecule has 1 atom stereocenters. The lowest BCUT2D eigenvalue weighted by molar-refractivity contribution is 0.0938. The van der Waals surface area contributed by atoms with Crippen molar-refractivity contribution < 1.29 is 14.3 Å². The molecule has 0 bridgehead atoms. The summed E-state index contributed by atoms with van der Waals surface area (Å²) in [6.45, 7) is 6.63. The number of hydrogen-bond donors (Lipinski definition) is 1. The first-order valence-electron chi connectivity index (χ1n) is 12.7. The maximum absolute atomic E-state index is 13.4. The summed E-state index contributed by atoms with van der Waals surface area (Å²) in [4.78, 5) is 16.6. The molecule has 2 aromatic heterocycles. The van der Waals surface area contributed by atoms with Gasteiger partial charge in [-0.2, -0.15) is 5.10 Å². The fourth-order valence-electron chi connectivity index (χ4n) is 4.11. The Kier molecular flexibility index (Phi) is 9.33. The minimum atomic E-state index is -0.206. The topological polar surface area (TPSA) is 68.6 Å². The van der Waals surface area contributed by atoms with Gasteiger partial charge >= 0.3 is 0 Å². The van der Waals surface area contributed by atoms with E-state index in [1.54, 1.807) is 18.4 Å². The molecule has 38 heavy (non-hydrogen) atoms. The number of amides is 1. The molecule has 4 aromatic rings. The summed E-state index contributed by atoms with van der Waals surface area (Å²) in [6.07, 6.45) is 3.91. The van der Waals surface area contributed by atoms with Crippen molar-refractivity contribution in [1.82, 2.24) is 20.0 Å². The molecule has 2 heterocycles. The van der Waals surface area contributed by atoms with Crippen LogP contribution < -0.4 is 10.1 Å². The molecule has 4 rings (SSSR count). The predicted molar refractivity (Wildman–Crippen MR) is 154 cm³/mol. The third kappa shape index (κ3) is 7.10. The number of methoxy groups -OCH3 is 1. The second kappa shape index (κ2) is 12.9. The van der Waals surface area contributed by atoms with Crippen LogP contribution in [0, 0.1) is 6.92 Å². The van der Waals surface area contributed by atoms with Gasteiger partial charge in [-0.1, -0.05) is 12.1 Å². The monoisotopic (exact) mass is 532 g/mol. The van der Waals surface area contributed by atoms with E-state index < -0.39 is 0 Å². The molecule has 0 aliphatic carbocycles. The van der Waals surface area contributed by atoms with Crippen molar-refractivity contribution in [2.45, 2.75) is 26.4 Å². The number of rotatable bonds is 12. The second-order valence-electron chi connectivity index (χ2n) is 9.63. The molecule has 8 heteroatoms. The normalized spacial score (nSPS) is 12.1. The maximum Gasteiger partial charge on any atom is 0.252 e. The Balaban J connectivity index is 1.57. The lowest BCUT2D eigenvalue weighted by atomic mass is 9.97. The molecule has 0 radical (unpaired) electrons. The van der Waals surface area contributed by atoms with Crippen LogP contribution >= 0.6 is 11.3 Å². The minimum absolute atomic E-state index is 0.122. The Morgan fingerprint density at radius 3 is 2.66 bits per heavy atom. The lowest BCUT2D eigenvalue weighted by Gasteiger charge is -2.18. The van der Waals surface area contributed by atoms with Crippen molar-refractivity contribution >= 4 is 17.2 Å². The fraction of sp³-hybridized carbons (Fsp3) is 0.333. The molecule has 2 aromatic carbocycles. The van der Waals surface area contributed by atoms with Gasteiger partial charge in [-0.15, -0.1) is 11.3 Å². The van der Waals surface area contributed by atoms with Crippen molar-refractivity contribution in [3.8, 4) is 27.3 Å².